The number of aromatic nitrogens is 2. The fourth-order valence-electron chi connectivity index (χ4n) is 2.16. The molecule has 0 amide bonds. The fraction of sp³-hybridized carbons (Fsp3) is 0.400. The number of hydrogen-bond donors (Lipinski definition) is 2. The molecule has 0 radical (unpaired) electrons. The van der Waals surface area contributed by atoms with E-state index in [2.05, 4.69) is 17.4 Å². The van der Waals surface area contributed by atoms with E-state index in [1.54, 1.807) is 0 Å². The molecule has 1 heterocycles. The summed E-state index contributed by atoms with van der Waals surface area (Å²) >= 11 is 0. The Hall–Kier alpha value is -1.65. The average Bonchev–Trinajstić information content (AvgIpc) is 2.94. The minimum atomic E-state index is 0.136. The van der Waals surface area contributed by atoms with Gasteiger partial charge in [-0.3, -0.25) is 11.3 Å². The maximum atomic E-state index is 5.64. The smallest absolute Gasteiger partial charge is 0.0811 e. The monoisotopic (exact) mass is 258 g/mol. The van der Waals surface area contributed by atoms with Crippen molar-refractivity contribution in [2.24, 2.45) is 5.84 Å². The Kier molecular flexibility index (Phi) is 5.12. The molecule has 0 fully saturated rings. The predicted molar refractivity (Wildman–Crippen MR) is 77.8 cm³/mol. The lowest BCUT2D eigenvalue weighted by Gasteiger charge is -2.12. The third kappa shape index (κ3) is 3.66. The van der Waals surface area contributed by atoms with E-state index in [4.69, 9.17) is 5.84 Å². The van der Waals surface area contributed by atoms with Gasteiger partial charge in [-0.2, -0.15) is 5.10 Å². The molecule has 4 nitrogen and oxygen atoms in total. The normalized spacial score (nSPS) is 12.5. The number of rotatable bonds is 7. The summed E-state index contributed by atoms with van der Waals surface area (Å²) in [7, 11) is 0. The summed E-state index contributed by atoms with van der Waals surface area (Å²) < 4.78 is 1.89. The Labute approximate surface area is 114 Å². The van der Waals surface area contributed by atoms with Crippen LogP contribution in [0, 0.1) is 0 Å². The van der Waals surface area contributed by atoms with Gasteiger partial charge < -0.3 is 0 Å². The lowest BCUT2D eigenvalue weighted by Crippen LogP contribution is -2.28. The number of nitrogens with one attached hydrogen (secondary N) is 1. The third-order valence-electron chi connectivity index (χ3n) is 3.28. The zero-order valence-corrected chi connectivity index (χ0v) is 11.4. The van der Waals surface area contributed by atoms with Gasteiger partial charge in [0.2, 0.25) is 0 Å². The summed E-state index contributed by atoms with van der Waals surface area (Å²) in [6, 6.07) is 12.3. The van der Waals surface area contributed by atoms with Gasteiger partial charge in [-0.05, 0) is 24.6 Å². The van der Waals surface area contributed by atoms with Crippen molar-refractivity contribution in [3.05, 3.63) is 48.3 Å². The molecular weight excluding hydrogens is 236 g/mol. The van der Waals surface area contributed by atoms with Gasteiger partial charge in [0.25, 0.3) is 0 Å². The molecule has 19 heavy (non-hydrogen) atoms. The maximum Gasteiger partial charge on any atom is 0.0811 e. The van der Waals surface area contributed by atoms with Gasteiger partial charge in [0.15, 0.2) is 0 Å². The van der Waals surface area contributed by atoms with Crippen LogP contribution in [-0.4, -0.2) is 9.78 Å². The number of nitrogens with two attached hydrogens (primary N) is 1. The molecule has 102 valence electrons. The first-order chi connectivity index (χ1) is 9.35. The Morgan fingerprint density at radius 1 is 1.21 bits per heavy atom. The second kappa shape index (κ2) is 7.07. The number of benzene rings is 1. The minimum absolute atomic E-state index is 0.136. The van der Waals surface area contributed by atoms with Crippen LogP contribution in [-0.2, 0) is 0 Å². The molecule has 2 aromatic rings. The molecule has 0 aliphatic rings. The van der Waals surface area contributed by atoms with Gasteiger partial charge in [0.1, 0.15) is 0 Å². The quantitative estimate of drug-likeness (QED) is 0.456. The van der Waals surface area contributed by atoms with E-state index in [9.17, 15) is 0 Å². The van der Waals surface area contributed by atoms with Crippen molar-refractivity contribution in [1.29, 1.82) is 0 Å². The van der Waals surface area contributed by atoms with Crippen molar-refractivity contribution in [2.45, 2.75) is 38.6 Å². The third-order valence-corrected chi connectivity index (χ3v) is 3.28. The average molecular weight is 258 g/mol. The van der Waals surface area contributed by atoms with E-state index < -0.39 is 0 Å². The molecular formula is C15H22N4. The van der Waals surface area contributed by atoms with Crippen LogP contribution in [0.25, 0.3) is 5.69 Å². The van der Waals surface area contributed by atoms with E-state index in [-0.39, 0.29) is 6.04 Å². The first-order valence-corrected chi connectivity index (χ1v) is 6.92. The summed E-state index contributed by atoms with van der Waals surface area (Å²) in [5.41, 5.74) is 4.94. The first kappa shape index (κ1) is 13.8. The molecule has 1 aromatic carbocycles. The van der Waals surface area contributed by atoms with Crippen molar-refractivity contribution >= 4 is 0 Å². The van der Waals surface area contributed by atoms with Crippen molar-refractivity contribution < 1.29 is 0 Å². The summed E-state index contributed by atoms with van der Waals surface area (Å²) in [5, 5.41) is 4.60. The number of para-hydroxylation sites is 1. The maximum absolute atomic E-state index is 5.64. The fourth-order valence-corrected chi connectivity index (χ4v) is 2.16. The summed E-state index contributed by atoms with van der Waals surface area (Å²) in [6.07, 6.45) is 6.63. The van der Waals surface area contributed by atoms with Crippen LogP contribution in [0.4, 0.5) is 0 Å². The molecule has 0 aliphatic heterocycles. The van der Waals surface area contributed by atoms with Gasteiger partial charge in [-0.25, -0.2) is 4.68 Å². The van der Waals surface area contributed by atoms with Gasteiger partial charge in [0, 0.05) is 6.20 Å². The van der Waals surface area contributed by atoms with Gasteiger partial charge in [-0.1, -0.05) is 44.4 Å². The first-order valence-electron chi connectivity index (χ1n) is 6.92. The highest BCUT2D eigenvalue weighted by Gasteiger charge is 2.12. The Morgan fingerprint density at radius 2 is 2.00 bits per heavy atom. The molecule has 1 aromatic heterocycles. The van der Waals surface area contributed by atoms with Crippen LogP contribution in [0.5, 0.6) is 0 Å². The molecule has 3 N–H and O–H groups in total. The number of hydrogen-bond acceptors (Lipinski definition) is 3. The highest BCUT2D eigenvalue weighted by atomic mass is 15.3. The van der Waals surface area contributed by atoms with E-state index in [0.717, 1.165) is 17.8 Å². The zero-order valence-electron chi connectivity index (χ0n) is 11.4. The van der Waals surface area contributed by atoms with Crippen LogP contribution in [0.3, 0.4) is 0 Å². The highest BCUT2D eigenvalue weighted by molar-refractivity contribution is 5.30. The van der Waals surface area contributed by atoms with Crippen LogP contribution in [0.15, 0.2) is 42.6 Å². The van der Waals surface area contributed by atoms with Crippen molar-refractivity contribution in [1.82, 2.24) is 15.2 Å². The number of unbranched alkanes of at least 4 members (excludes halogenated alkanes) is 2. The molecule has 0 saturated carbocycles. The molecule has 0 bridgehead atoms. The van der Waals surface area contributed by atoms with Crippen LogP contribution in [0.1, 0.15) is 44.3 Å². The predicted octanol–water partition coefficient (Wildman–Crippen LogP) is 2.96. The van der Waals surface area contributed by atoms with Crippen molar-refractivity contribution in [3.63, 3.8) is 0 Å². The SMILES string of the molecule is CCCCCC(NN)c1ccn(-c2ccccc2)n1. The second-order valence-corrected chi connectivity index (χ2v) is 4.74. The van der Waals surface area contributed by atoms with E-state index in [1.165, 1.54) is 19.3 Å². The molecule has 0 spiro atoms. The number of hydrazine groups is 1. The largest absolute Gasteiger partial charge is 0.271 e. The highest BCUT2D eigenvalue weighted by Crippen LogP contribution is 2.18. The second-order valence-electron chi connectivity index (χ2n) is 4.74. The van der Waals surface area contributed by atoms with Crippen LogP contribution in [0.2, 0.25) is 0 Å². The summed E-state index contributed by atoms with van der Waals surface area (Å²) in [6.45, 7) is 2.20. The molecule has 4 heteroatoms. The standard InChI is InChI=1S/C15H22N4/c1-2-3-5-10-14(17-16)15-11-12-19(18-15)13-8-6-4-7-9-13/h4,6-9,11-12,14,17H,2-3,5,10,16H2,1H3. The molecule has 1 unspecified atom stereocenters. The van der Waals surface area contributed by atoms with Gasteiger partial charge >= 0.3 is 0 Å². The lowest BCUT2D eigenvalue weighted by atomic mass is 10.1. The molecule has 0 saturated heterocycles. The Balaban J connectivity index is 2.06. The van der Waals surface area contributed by atoms with E-state index in [1.807, 2.05) is 47.3 Å². The minimum Gasteiger partial charge on any atom is -0.271 e. The van der Waals surface area contributed by atoms with Crippen molar-refractivity contribution in [2.75, 3.05) is 0 Å². The molecule has 2 rings (SSSR count). The van der Waals surface area contributed by atoms with Crippen LogP contribution >= 0.6 is 0 Å². The Bertz CT molecular complexity index is 478. The molecule has 1 atom stereocenters. The summed E-state index contributed by atoms with van der Waals surface area (Å²) in [4.78, 5) is 0. The van der Waals surface area contributed by atoms with Gasteiger partial charge in [0.05, 0.1) is 17.4 Å². The van der Waals surface area contributed by atoms with Gasteiger partial charge in [-0.15, -0.1) is 0 Å². The van der Waals surface area contributed by atoms with Crippen LogP contribution < -0.4 is 11.3 Å². The van der Waals surface area contributed by atoms with E-state index >= 15 is 0 Å². The lowest BCUT2D eigenvalue weighted by molar-refractivity contribution is 0.474. The Morgan fingerprint density at radius 3 is 2.68 bits per heavy atom. The van der Waals surface area contributed by atoms with Crippen molar-refractivity contribution in [3.8, 4) is 5.69 Å². The topological polar surface area (TPSA) is 55.9 Å². The summed E-state index contributed by atoms with van der Waals surface area (Å²) in [5.74, 6) is 5.64. The molecule has 0 aliphatic carbocycles. The zero-order chi connectivity index (χ0) is 13.5. The van der Waals surface area contributed by atoms with E-state index in [0.29, 0.717) is 0 Å². The number of nitrogens with zero attached hydrogens (tertiary/aromatic N) is 2.